The molecule has 2 bridgehead atoms. The van der Waals surface area contributed by atoms with Gasteiger partial charge in [0.2, 0.25) is 0 Å². The average molecular weight is 847 g/mol. The van der Waals surface area contributed by atoms with Crippen molar-refractivity contribution in [2.45, 2.75) is 110 Å². The van der Waals surface area contributed by atoms with Crippen LogP contribution >= 0.6 is 0 Å². The molecule has 0 aromatic heterocycles. The van der Waals surface area contributed by atoms with E-state index in [0.29, 0.717) is 22.3 Å². The Morgan fingerprint density at radius 1 is 0.823 bits per heavy atom. The second-order valence-electron chi connectivity index (χ2n) is 17.8. The normalized spacial score (nSPS) is 31.6. The summed E-state index contributed by atoms with van der Waals surface area (Å²) < 4.78 is 37.4. The number of hydrogen-bond donors (Lipinski definition) is 1. The van der Waals surface area contributed by atoms with Gasteiger partial charge in [-0.05, 0) is 59.4 Å². The van der Waals surface area contributed by atoms with E-state index in [2.05, 4.69) is 0 Å². The number of hydrogen-bond acceptors (Lipinski definition) is 13. The van der Waals surface area contributed by atoms with E-state index in [9.17, 15) is 29.1 Å². The predicted molar refractivity (Wildman–Crippen MR) is 222 cm³/mol. The Kier molecular flexibility index (Phi) is 10.8. The maximum atomic E-state index is 15.9. The van der Waals surface area contributed by atoms with Gasteiger partial charge in [0.15, 0.2) is 23.3 Å². The van der Waals surface area contributed by atoms with Gasteiger partial charge in [0.1, 0.15) is 23.9 Å². The molecular weight excluding hydrogens is 797 g/mol. The van der Waals surface area contributed by atoms with Crippen molar-refractivity contribution in [1.82, 2.24) is 0 Å². The number of rotatable bonds is 9. The van der Waals surface area contributed by atoms with E-state index in [1.165, 1.54) is 26.0 Å². The maximum absolute atomic E-state index is 15.9. The predicted octanol–water partition coefficient (Wildman–Crippen LogP) is 6.06. The topological polar surface area (TPSA) is 178 Å². The molecule has 0 amide bonds. The van der Waals surface area contributed by atoms with E-state index < -0.39 is 88.1 Å². The van der Waals surface area contributed by atoms with Crippen LogP contribution in [0.1, 0.15) is 88.4 Å². The number of ether oxygens (including phenoxy) is 6. The highest BCUT2D eigenvalue weighted by atomic mass is 16.6. The third-order valence-corrected chi connectivity index (χ3v) is 13.9. The summed E-state index contributed by atoms with van der Waals surface area (Å²) in [4.78, 5) is 82.1. The summed E-state index contributed by atoms with van der Waals surface area (Å²) in [6.45, 7) is 10.0. The van der Waals surface area contributed by atoms with Crippen LogP contribution in [0.2, 0.25) is 0 Å². The van der Waals surface area contributed by atoms with E-state index in [-0.39, 0.29) is 37.4 Å². The van der Waals surface area contributed by atoms with Crippen molar-refractivity contribution in [3.05, 3.63) is 112 Å². The molecule has 3 aromatic carbocycles. The zero-order valence-corrected chi connectivity index (χ0v) is 35.7. The van der Waals surface area contributed by atoms with Gasteiger partial charge in [-0.1, -0.05) is 80.6 Å². The molecule has 4 aliphatic carbocycles. The zero-order chi connectivity index (χ0) is 44.5. The summed E-state index contributed by atoms with van der Waals surface area (Å²) in [6.07, 6.45) is -4.04. The van der Waals surface area contributed by atoms with Crippen LogP contribution in [-0.4, -0.2) is 88.9 Å². The molecule has 0 spiro atoms. The van der Waals surface area contributed by atoms with E-state index >= 15 is 4.79 Å². The molecule has 9 atom stereocenters. The number of aliphatic hydroxyl groups is 1. The Morgan fingerprint density at radius 3 is 2.13 bits per heavy atom. The van der Waals surface area contributed by atoms with Gasteiger partial charge in [0.25, 0.3) is 0 Å². The lowest BCUT2D eigenvalue weighted by Gasteiger charge is -2.68. The van der Waals surface area contributed by atoms with Gasteiger partial charge in [-0.3, -0.25) is 24.0 Å². The Labute approximate surface area is 359 Å². The summed E-state index contributed by atoms with van der Waals surface area (Å²) in [7, 11) is 0. The molecule has 13 nitrogen and oxygen atoms in total. The van der Waals surface area contributed by atoms with Gasteiger partial charge in [0.05, 0.1) is 24.7 Å². The monoisotopic (exact) mass is 846 g/mol. The van der Waals surface area contributed by atoms with Crippen LogP contribution in [0.5, 0.6) is 0 Å². The number of carbonyl (C=O) groups is 6. The molecule has 1 saturated heterocycles. The molecule has 3 fully saturated rings. The molecule has 0 radical (unpaired) electrons. The van der Waals surface area contributed by atoms with E-state index in [1.54, 1.807) is 52.0 Å². The molecule has 1 heterocycles. The number of Topliss-reactive ketones (excluding diaryl/α,β-unsaturated/α-hetero) is 1. The van der Waals surface area contributed by atoms with Crippen LogP contribution in [0.15, 0.2) is 90.0 Å². The third-order valence-electron chi connectivity index (χ3n) is 13.9. The van der Waals surface area contributed by atoms with Crippen molar-refractivity contribution in [2.75, 3.05) is 6.61 Å². The lowest BCUT2D eigenvalue weighted by atomic mass is 9.44. The smallest absolute Gasteiger partial charge is 0.331 e. The summed E-state index contributed by atoms with van der Waals surface area (Å²) in [6, 6.07) is 21.8. The quantitative estimate of drug-likeness (QED) is 0.0891. The molecule has 8 rings (SSSR count). The second-order valence-corrected chi connectivity index (χ2v) is 17.8. The van der Waals surface area contributed by atoms with Crippen molar-refractivity contribution in [3.8, 4) is 11.1 Å². The van der Waals surface area contributed by atoms with Gasteiger partial charge in [0, 0.05) is 62.1 Å². The SMILES string of the molecule is CC(=O)O[C@H]1C(=O)[C@]2(C)[C@@H](OC(=O)/C=C/c3ccc4c(c3)C(=O)c3ccccc3-4)C[C@H]3OC[C@@]3(OC(C)=O)[C@H]2[C@H](OCc2ccccc2)[C@]2(O)C[C@H](OC(C)=O)C(C)=C1C2(C)C. The van der Waals surface area contributed by atoms with Crippen LogP contribution in [-0.2, 0) is 59.0 Å². The van der Waals surface area contributed by atoms with Crippen LogP contribution in [0, 0.1) is 16.7 Å². The lowest BCUT2D eigenvalue weighted by molar-refractivity contribution is -0.352. The molecule has 2 saturated carbocycles. The van der Waals surface area contributed by atoms with Crippen LogP contribution in [0.25, 0.3) is 17.2 Å². The zero-order valence-electron chi connectivity index (χ0n) is 35.7. The van der Waals surface area contributed by atoms with Crippen LogP contribution in [0.3, 0.4) is 0 Å². The molecule has 324 valence electrons. The van der Waals surface area contributed by atoms with Gasteiger partial charge in [-0.2, -0.15) is 0 Å². The summed E-state index contributed by atoms with van der Waals surface area (Å²) >= 11 is 0. The minimum absolute atomic E-state index is 0.0719. The molecule has 1 N–H and O–H groups in total. The van der Waals surface area contributed by atoms with E-state index in [4.69, 9.17) is 28.4 Å². The minimum atomic E-state index is -2.04. The lowest BCUT2D eigenvalue weighted by Crippen LogP contribution is -2.82. The first kappa shape index (κ1) is 42.9. The fraction of sp³-hybridized carbons (Fsp3) is 0.429. The summed E-state index contributed by atoms with van der Waals surface area (Å²) in [5.74, 6) is -5.12. The Balaban J connectivity index is 1.27. The largest absolute Gasteiger partial charge is 0.458 e. The molecular formula is C49H50O13. The highest BCUT2D eigenvalue weighted by Crippen LogP contribution is 2.65. The summed E-state index contributed by atoms with van der Waals surface area (Å²) in [5.41, 5.74) is -2.37. The van der Waals surface area contributed by atoms with Gasteiger partial charge < -0.3 is 33.5 Å². The van der Waals surface area contributed by atoms with Gasteiger partial charge in [-0.25, -0.2) is 4.79 Å². The Hall–Kier alpha value is -5.76. The second kappa shape index (κ2) is 15.5. The molecule has 1 aliphatic heterocycles. The van der Waals surface area contributed by atoms with Crippen molar-refractivity contribution in [1.29, 1.82) is 0 Å². The molecule has 0 unspecified atom stereocenters. The van der Waals surface area contributed by atoms with Gasteiger partial charge in [-0.15, -0.1) is 0 Å². The Bertz CT molecular complexity index is 2450. The molecule has 5 aliphatic rings. The van der Waals surface area contributed by atoms with Crippen molar-refractivity contribution >= 4 is 41.5 Å². The van der Waals surface area contributed by atoms with E-state index in [1.807, 2.05) is 48.5 Å². The first-order chi connectivity index (χ1) is 29.3. The van der Waals surface area contributed by atoms with E-state index in [0.717, 1.165) is 23.6 Å². The molecule has 13 heteroatoms. The standard InChI is InChI=1S/C49H50O13/c1-26-36(59-27(2)50)23-49(56)45(57-24-31-13-9-8-10-14-31)43-47(7,44(55)42(60-28(3)51)40(26)46(49,5)6)37(22-38-48(43,25-58-38)62-29(4)52)61-39(53)20-18-30-17-19-33-32-15-11-12-16-34(32)41(54)35(33)21-30/h8-21,36-38,42-43,45,56H,22-25H2,1-7H3/b20-18+/t36-,37-,38+,42+,43-,45-,47+,48-,49+/m0/s1. The van der Waals surface area contributed by atoms with Crippen LogP contribution in [0.4, 0.5) is 0 Å². The highest BCUT2D eigenvalue weighted by molar-refractivity contribution is 6.21. The number of ketones is 2. The fourth-order valence-electron chi connectivity index (χ4n) is 10.9. The van der Waals surface area contributed by atoms with Crippen LogP contribution < -0.4 is 0 Å². The number of fused-ring (bicyclic) bond motifs is 8. The molecule has 62 heavy (non-hydrogen) atoms. The third kappa shape index (κ3) is 6.72. The first-order valence-electron chi connectivity index (χ1n) is 20.8. The maximum Gasteiger partial charge on any atom is 0.331 e. The number of benzene rings is 3. The summed E-state index contributed by atoms with van der Waals surface area (Å²) in [5, 5.41) is 13.6. The average Bonchev–Trinajstić information content (AvgIpc) is 3.49. The first-order valence-corrected chi connectivity index (χ1v) is 20.8. The highest BCUT2D eigenvalue weighted by Gasteiger charge is 2.78. The van der Waals surface area contributed by atoms with Gasteiger partial charge >= 0.3 is 23.9 Å². The minimum Gasteiger partial charge on any atom is -0.458 e. The molecule has 3 aromatic rings. The Morgan fingerprint density at radius 2 is 1.48 bits per heavy atom. The number of carbonyl (C=O) groups excluding carboxylic acids is 6. The van der Waals surface area contributed by atoms with Crippen molar-refractivity contribution in [3.63, 3.8) is 0 Å². The van der Waals surface area contributed by atoms with Crippen molar-refractivity contribution in [2.24, 2.45) is 16.7 Å². The fourth-order valence-corrected chi connectivity index (χ4v) is 10.9. The van der Waals surface area contributed by atoms with Crippen molar-refractivity contribution < 1.29 is 62.3 Å². The number of esters is 4.